The maximum atomic E-state index is 2.67. The second-order valence-electron chi connectivity index (χ2n) is 19.0. The predicted molar refractivity (Wildman–Crippen MR) is 212 cm³/mol. The lowest BCUT2D eigenvalue weighted by atomic mass is 9.91. The Labute approximate surface area is 293 Å². The summed E-state index contributed by atoms with van der Waals surface area (Å²) in [6, 6.07) is 0.860. The molecule has 0 amide bonds. The van der Waals surface area contributed by atoms with Crippen LogP contribution in [0.25, 0.3) is 0 Å². The van der Waals surface area contributed by atoms with Crippen LogP contribution in [0.3, 0.4) is 0 Å². The molecule has 3 rings (SSSR count). The molecule has 0 radical (unpaired) electrons. The van der Waals surface area contributed by atoms with E-state index in [1.807, 2.05) is 0 Å². The average molecular weight is 654 g/mol. The summed E-state index contributed by atoms with van der Waals surface area (Å²) in [5.41, 5.74) is 1.88. The minimum atomic E-state index is 0.333. The first-order valence-electron chi connectivity index (χ1n) is 19.4. The smallest absolute Gasteiger partial charge is 0.0127 e. The molecule has 2 saturated heterocycles. The van der Waals surface area contributed by atoms with Crippen molar-refractivity contribution in [3.05, 3.63) is 0 Å². The highest BCUT2D eigenvalue weighted by molar-refractivity contribution is 4.84. The molecule has 1 aliphatic carbocycles. The van der Waals surface area contributed by atoms with Crippen molar-refractivity contribution >= 4 is 0 Å². The first-order valence-corrected chi connectivity index (χ1v) is 19.4. The zero-order valence-corrected chi connectivity index (χ0v) is 35.9. The van der Waals surface area contributed by atoms with Crippen LogP contribution in [0.2, 0.25) is 0 Å². The van der Waals surface area contributed by atoms with Crippen molar-refractivity contribution in [2.45, 2.75) is 210 Å². The van der Waals surface area contributed by atoms with Crippen molar-refractivity contribution in [3.8, 4) is 0 Å². The number of rotatable bonds is 4. The van der Waals surface area contributed by atoms with E-state index in [1.54, 1.807) is 0 Å². The molecule has 2 heterocycles. The quantitative estimate of drug-likeness (QED) is 0.299. The van der Waals surface area contributed by atoms with Crippen LogP contribution in [0, 0.1) is 0 Å². The molecular weight excluding hydrogens is 562 g/mol. The first-order chi connectivity index (χ1) is 20.7. The van der Waals surface area contributed by atoms with Crippen LogP contribution in [0.4, 0.5) is 0 Å². The Morgan fingerprint density at radius 1 is 0.457 bits per heavy atom. The highest BCUT2D eigenvalue weighted by Gasteiger charge is 2.28. The molecule has 0 unspecified atom stereocenters. The summed E-state index contributed by atoms with van der Waals surface area (Å²) < 4.78 is 0. The molecule has 0 spiro atoms. The highest BCUT2D eigenvalue weighted by Crippen LogP contribution is 2.27. The summed E-state index contributed by atoms with van der Waals surface area (Å²) in [5, 5.41) is 0. The van der Waals surface area contributed by atoms with Gasteiger partial charge in [0.15, 0.2) is 0 Å². The molecule has 5 heteroatoms. The Morgan fingerprint density at radius 3 is 0.957 bits per heavy atom. The lowest BCUT2D eigenvalue weighted by Crippen LogP contribution is -2.49. The second kappa shape index (κ2) is 21.8. The average Bonchev–Trinajstić information content (AvgIpc) is 3.39. The van der Waals surface area contributed by atoms with Gasteiger partial charge in [-0.3, -0.25) is 19.6 Å². The Hall–Kier alpha value is -0.200. The van der Waals surface area contributed by atoms with Gasteiger partial charge in [-0.1, -0.05) is 40.0 Å². The van der Waals surface area contributed by atoms with E-state index in [1.165, 1.54) is 84.1 Å². The summed E-state index contributed by atoms with van der Waals surface area (Å²) in [4.78, 5) is 12.3. The topological polar surface area (TPSA) is 16.2 Å². The normalized spacial score (nSPS) is 18.8. The van der Waals surface area contributed by atoms with Gasteiger partial charge in [0.2, 0.25) is 0 Å². The molecule has 0 aromatic heterocycles. The van der Waals surface area contributed by atoms with Crippen LogP contribution in [-0.4, -0.2) is 118 Å². The van der Waals surface area contributed by atoms with Crippen LogP contribution < -0.4 is 0 Å². The van der Waals surface area contributed by atoms with Crippen LogP contribution in [0.1, 0.15) is 176 Å². The summed E-state index contributed by atoms with van der Waals surface area (Å²) in [6.07, 6.45) is 11.4. The molecule has 1 saturated carbocycles. The molecule has 280 valence electrons. The fourth-order valence-corrected chi connectivity index (χ4v) is 6.22. The maximum absolute atomic E-state index is 2.67. The summed E-state index contributed by atoms with van der Waals surface area (Å²) in [7, 11) is 4.17. The Morgan fingerprint density at radius 2 is 0.804 bits per heavy atom. The van der Waals surface area contributed by atoms with Crippen molar-refractivity contribution in [2.24, 2.45) is 0 Å². The van der Waals surface area contributed by atoms with E-state index < -0.39 is 0 Å². The summed E-state index contributed by atoms with van der Waals surface area (Å²) in [6.45, 7) is 49.4. The van der Waals surface area contributed by atoms with E-state index in [-0.39, 0.29) is 0 Å². The summed E-state index contributed by atoms with van der Waals surface area (Å²) >= 11 is 0. The molecule has 3 aliphatic rings. The van der Waals surface area contributed by atoms with Crippen molar-refractivity contribution in [3.63, 3.8) is 0 Å². The van der Waals surface area contributed by atoms with E-state index in [0.29, 0.717) is 27.7 Å². The van der Waals surface area contributed by atoms with Gasteiger partial charge in [0.25, 0.3) is 0 Å². The van der Waals surface area contributed by atoms with E-state index in [2.05, 4.69) is 163 Å². The second-order valence-corrected chi connectivity index (χ2v) is 19.0. The number of hydrogen-bond donors (Lipinski definition) is 0. The molecule has 0 aromatic carbocycles. The van der Waals surface area contributed by atoms with Crippen molar-refractivity contribution < 1.29 is 0 Å². The lowest BCUT2D eigenvalue weighted by Gasteiger charge is -2.42. The third-order valence-corrected chi connectivity index (χ3v) is 10.1. The molecule has 46 heavy (non-hydrogen) atoms. The minimum absolute atomic E-state index is 0.333. The minimum Gasteiger partial charge on any atom is -0.305 e. The fourth-order valence-electron chi connectivity index (χ4n) is 6.22. The van der Waals surface area contributed by atoms with Crippen LogP contribution in [0.5, 0.6) is 0 Å². The van der Waals surface area contributed by atoms with Gasteiger partial charge in [0, 0.05) is 33.7 Å². The van der Waals surface area contributed by atoms with Crippen LogP contribution >= 0.6 is 0 Å². The van der Waals surface area contributed by atoms with Gasteiger partial charge < -0.3 is 4.90 Å². The molecule has 3 fully saturated rings. The molecule has 0 N–H and O–H groups in total. The van der Waals surface area contributed by atoms with Gasteiger partial charge in [-0.25, -0.2) is 0 Å². The number of nitrogens with zero attached hydrogens (tertiary/aromatic N) is 5. The highest BCUT2D eigenvalue weighted by atomic mass is 15.2. The van der Waals surface area contributed by atoms with E-state index in [4.69, 9.17) is 0 Å². The van der Waals surface area contributed by atoms with Gasteiger partial charge in [0.1, 0.15) is 0 Å². The zero-order valence-electron chi connectivity index (χ0n) is 35.9. The lowest BCUT2D eigenvalue weighted by molar-refractivity contribution is 0.0665. The van der Waals surface area contributed by atoms with Gasteiger partial charge in [-0.2, -0.15) is 0 Å². The standard InChI is InChI=1S/C12H25N.C8H17N.C8H19N.C7H15N.C6H15N/c1-5-13(12(2,3)4)11-9-7-6-8-10-11;1-8(2,3)9-6-4-5-7-9;1-6-9(7-2)8(3,4)5;1-7(2,3)8-5-4-6-8;1-6(2,3)7(4)5/h11H,5-10H2,1-4H3;4-7H2,1-3H3;6-7H2,1-5H3;4-6H2,1-3H3;1-5H3. The molecule has 0 aromatic rings. The summed E-state index contributed by atoms with van der Waals surface area (Å²) in [5.74, 6) is 0. The van der Waals surface area contributed by atoms with Gasteiger partial charge in [-0.05, 0) is 196 Å². The van der Waals surface area contributed by atoms with Crippen LogP contribution in [-0.2, 0) is 0 Å². The number of likely N-dealkylation sites (tertiary alicyclic amines) is 2. The van der Waals surface area contributed by atoms with Gasteiger partial charge in [-0.15, -0.1) is 0 Å². The van der Waals surface area contributed by atoms with E-state index in [0.717, 1.165) is 19.1 Å². The molecule has 5 nitrogen and oxygen atoms in total. The zero-order chi connectivity index (χ0) is 36.6. The Balaban J connectivity index is 0. The van der Waals surface area contributed by atoms with Crippen molar-refractivity contribution in [1.29, 1.82) is 0 Å². The fraction of sp³-hybridized carbons (Fsp3) is 1.00. The van der Waals surface area contributed by atoms with E-state index >= 15 is 0 Å². The van der Waals surface area contributed by atoms with Crippen molar-refractivity contribution in [2.75, 3.05) is 59.9 Å². The third kappa shape index (κ3) is 21.7. The molecular formula is C41H91N5. The maximum Gasteiger partial charge on any atom is 0.0127 e. The molecule has 0 atom stereocenters. The molecule has 2 aliphatic heterocycles. The van der Waals surface area contributed by atoms with Crippen molar-refractivity contribution in [1.82, 2.24) is 24.5 Å². The largest absolute Gasteiger partial charge is 0.305 e. The predicted octanol–water partition coefficient (Wildman–Crippen LogP) is 10.3. The number of hydrogen-bond acceptors (Lipinski definition) is 5. The van der Waals surface area contributed by atoms with Gasteiger partial charge in [0.05, 0.1) is 0 Å². The molecule has 0 bridgehead atoms. The van der Waals surface area contributed by atoms with Gasteiger partial charge >= 0.3 is 0 Å². The Kier molecular flexibility index (Phi) is 22.7. The first kappa shape index (κ1) is 47.9. The Bertz CT molecular complexity index is 694. The monoisotopic (exact) mass is 654 g/mol. The SMILES string of the molecule is CC(C)(C)N1CCC1.CC(C)(C)N1CCCC1.CCN(C1CCCCC1)C(C)(C)C.CCN(CC)C(C)(C)C.CN(C)C(C)(C)C. The van der Waals surface area contributed by atoms with Crippen LogP contribution in [0.15, 0.2) is 0 Å². The third-order valence-electron chi connectivity index (χ3n) is 10.1. The van der Waals surface area contributed by atoms with E-state index in [9.17, 15) is 0 Å².